The number of nitrogens with zero attached hydrogens (tertiary/aromatic N) is 1. The molecule has 2 nitrogen and oxygen atoms in total. The van der Waals surface area contributed by atoms with E-state index < -0.39 is 12.0 Å². The van der Waals surface area contributed by atoms with Crippen molar-refractivity contribution in [1.82, 2.24) is 4.90 Å². The van der Waals surface area contributed by atoms with E-state index in [2.05, 4.69) is 0 Å². The van der Waals surface area contributed by atoms with Crippen LogP contribution >= 0.6 is 0 Å². The Balaban J connectivity index is 2.64. The normalized spacial score (nSPS) is 12.4. The maximum atomic E-state index is 12.4. The second kappa shape index (κ2) is 6.07. The number of rotatable bonds is 6. The van der Waals surface area contributed by atoms with Crippen LogP contribution in [0.4, 0.5) is 8.78 Å². The SMILES string of the molecule is CC(C)(O)CN(Cc1ccccc1)CC(F)F. The van der Waals surface area contributed by atoms with Crippen LogP contribution in [0.2, 0.25) is 0 Å². The average molecular weight is 243 g/mol. The monoisotopic (exact) mass is 243 g/mol. The van der Waals surface area contributed by atoms with Crippen molar-refractivity contribution < 1.29 is 13.9 Å². The van der Waals surface area contributed by atoms with Crippen LogP contribution in [0.3, 0.4) is 0 Å². The number of alkyl halides is 2. The Morgan fingerprint density at radius 2 is 1.82 bits per heavy atom. The second-order valence-electron chi connectivity index (χ2n) is 4.86. The summed E-state index contributed by atoms with van der Waals surface area (Å²) in [7, 11) is 0. The molecule has 0 heterocycles. The zero-order valence-electron chi connectivity index (χ0n) is 10.2. The summed E-state index contributed by atoms with van der Waals surface area (Å²) in [6.45, 7) is 3.58. The van der Waals surface area contributed by atoms with E-state index in [4.69, 9.17) is 0 Å². The summed E-state index contributed by atoms with van der Waals surface area (Å²) < 4.78 is 24.9. The van der Waals surface area contributed by atoms with Gasteiger partial charge in [-0.1, -0.05) is 30.3 Å². The lowest BCUT2D eigenvalue weighted by Gasteiger charge is -2.28. The van der Waals surface area contributed by atoms with Gasteiger partial charge in [0.15, 0.2) is 0 Å². The first-order valence-corrected chi connectivity index (χ1v) is 5.63. The van der Waals surface area contributed by atoms with Crippen molar-refractivity contribution in [2.45, 2.75) is 32.4 Å². The summed E-state index contributed by atoms with van der Waals surface area (Å²) in [4.78, 5) is 1.57. The highest BCUT2D eigenvalue weighted by Gasteiger charge is 2.21. The average Bonchev–Trinajstić information content (AvgIpc) is 2.15. The molecule has 0 radical (unpaired) electrons. The van der Waals surface area contributed by atoms with E-state index in [-0.39, 0.29) is 13.1 Å². The minimum Gasteiger partial charge on any atom is -0.389 e. The third kappa shape index (κ3) is 6.34. The molecule has 0 saturated carbocycles. The Labute approximate surface area is 101 Å². The molecule has 0 bridgehead atoms. The second-order valence-corrected chi connectivity index (χ2v) is 4.86. The fraction of sp³-hybridized carbons (Fsp3) is 0.538. The van der Waals surface area contributed by atoms with E-state index in [0.717, 1.165) is 5.56 Å². The van der Waals surface area contributed by atoms with E-state index in [0.29, 0.717) is 6.54 Å². The topological polar surface area (TPSA) is 23.5 Å². The third-order valence-electron chi connectivity index (χ3n) is 2.26. The van der Waals surface area contributed by atoms with Gasteiger partial charge in [-0.05, 0) is 19.4 Å². The van der Waals surface area contributed by atoms with Crippen molar-refractivity contribution in [3.8, 4) is 0 Å². The van der Waals surface area contributed by atoms with Crippen LogP contribution < -0.4 is 0 Å². The number of hydrogen-bond donors (Lipinski definition) is 1. The van der Waals surface area contributed by atoms with E-state index >= 15 is 0 Å². The molecule has 0 saturated heterocycles. The molecule has 0 aliphatic carbocycles. The molecule has 0 fully saturated rings. The smallest absolute Gasteiger partial charge is 0.251 e. The van der Waals surface area contributed by atoms with E-state index in [9.17, 15) is 13.9 Å². The molecule has 0 unspecified atom stereocenters. The first kappa shape index (κ1) is 14.1. The van der Waals surface area contributed by atoms with Crippen LogP contribution in [-0.4, -0.2) is 35.1 Å². The standard InChI is InChI=1S/C13H19F2NO/c1-13(2,17)10-16(9-12(14)15)8-11-6-4-3-5-7-11/h3-7,12,17H,8-10H2,1-2H3. The minimum atomic E-state index is -2.39. The first-order chi connectivity index (χ1) is 7.87. The molecule has 1 aromatic rings. The molecule has 0 aromatic heterocycles. The number of benzene rings is 1. The molecule has 17 heavy (non-hydrogen) atoms. The molecule has 4 heteroatoms. The van der Waals surface area contributed by atoms with Gasteiger partial charge in [0.25, 0.3) is 6.43 Å². The van der Waals surface area contributed by atoms with Gasteiger partial charge in [0.05, 0.1) is 12.1 Å². The summed E-state index contributed by atoms with van der Waals surface area (Å²) >= 11 is 0. The Kier molecular flexibility index (Phi) is 5.02. The fourth-order valence-corrected chi connectivity index (χ4v) is 1.77. The third-order valence-corrected chi connectivity index (χ3v) is 2.26. The van der Waals surface area contributed by atoms with Gasteiger partial charge in [-0.25, -0.2) is 8.78 Å². The molecular formula is C13H19F2NO. The Morgan fingerprint density at radius 1 is 1.24 bits per heavy atom. The van der Waals surface area contributed by atoms with Crippen molar-refractivity contribution in [2.24, 2.45) is 0 Å². The van der Waals surface area contributed by atoms with Crippen molar-refractivity contribution in [3.63, 3.8) is 0 Å². The molecule has 0 amide bonds. The van der Waals surface area contributed by atoms with E-state index in [1.54, 1.807) is 18.7 Å². The molecule has 0 atom stereocenters. The molecule has 1 aromatic carbocycles. The highest BCUT2D eigenvalue weighted by Crippen LogP contribution is 2.11. The predicted octanol–water partition coefficient (Wildman–Crippen LogP) is 2.52. The summed E-state index contributed by atoms with van der Waals surface area (Å²) in [5.74, 6) is 0. The molecule has 1 rings (SSSR count). The maximum Gasteiger partial charge on any atom is 0.251 e. The summed E-state index contributed by atoms with van der Waals surface area (Å²) in [5, 5.41) is 9.69. The minimum absolute atomic E-state index is 0.228. The van der Waals surface area contributed by atoms with Gasteiger partial charge in [0.2, 0.25) is 0 Å². The van der Waals surface area contributed by atoms with Crippen LogP contribution in [-0.2, 0) is 6.54 Å². The Hall–Kier alpha value is -1.00. The highest BCUT2D eigenvalue weighted by atomic mass is 19.3. The van der Waals surface area contributed by atoms with Crippen LogP contribution in [0.25, 0.3) is 0 Å². The van der Waals surface area contributed by atoms with Crippen LogP contribution in [0.15, 0.2) is 30.3 Å². The number of aliphatic hydroxyl groups is 1. The van der Waals surface area contributed by atoms with Gasteiger partial charge >= 0.3 is 0 Å². The van der Waals surface area contributed by atoms with Gasteiger partial charge < -0.3 is 5.11 Å². The lowest BCUT2D eigenvalue weighted by molar-refractivity contribution is 0.00860. The zero-order valence-corrected chi connectivity index (χ0v) is 10.2. The highest BCUT2D eigenvalue weighted by molar-refractivity contribution is 5.14. The van der Waals surface area contributed by atoms with Gasteiger partial charge in [0, 0.05) is 13.1 Å². The van der Waals surface area contributed by atoms with Crippen LogP contribution in [0.1, 0.15) is 19.4 Å². The zero-order chi connectivity index (χ0) is 12.9. The van der Waals surface area contributed by atoms with Gasteiger partial charge in [-0.2, -0.15) is 0 Å². The van der Waals surface area contributed by atoms with E-state index in [1.165, 1.54) is 0 Å². The summed E-state index contributed by atoms with van der Waals surface area (Å²) in [6, 6.07) is 9.42. The van der Waals surface area contributed by atoms with Crippen LogP contribution in [0.5, 0.6) is 0 Å². The quantitative estimate of drug-likeness (QED) is 0.830. The lowest BCUT2D eigenvalue weighted by atomic mass is 10.1. The summed E-state index contributed by atoms with van der Waals surface area (Å²) in [6.07, 6.45) is -2.39. The van der Waals surface area contributed by atoms with Gasteiger partial charge in [-0.3, -0.25) is 4.90 Å². The lowest BCUT2D eigenvalue weighted by Crippen LogP contribution is -2.40. The van der Waals surface area contributed by atoms with Gasteiger partial charge in [0.1, 0.15) is 0 Å². The molecule has 0 aliphatic rings. The van der Waals surface area contributed by atoms with Crippen molar-refractivity contribution in [2.75, 3.05) is 13.1 Å². The molecular weight excluding hydrogens is 224 g/mol. The number of halogens is 2. The molecule has 96 valence electrons. The molecule has 0 aliphatic heterocycles. The van der Waals surface area contributed by atoms with Crippen molar-refractivity contribution in [3.05, 3.63) is 35.9 Å². The molecule has 1 N–H and O–H groups in total. The van der Waals surface area contributed by atoms with Gasteiger partial charge in [-0.15, -0.1) is 0 Å². The van der Waals surface area contributed by atoms with E-state index in [1.807, 2.05) is 30.3 Å². The Bertz CT molecular complexity index is 322. The fourth-order valence-electron chi connectivity index (χ4n) is 1.77. The predicted molar refractivity (Wildman–Crippen MR) is 64.0 cm³/mol. The maximum absolute atomic E-state index is 12.4. The summed E-state index contributed by atoms with van der Waals surface area (Å²) in [5.41, 5.74) is 0.00123. The molecule has 0 spiro atoms. The van der Waals surface area contributed by atoms with Crippen molar-refractivity contribution in [1.29, 1.82) is 0 Å². The van der Waals surface area contributed by atoms with Crippen LogP contribution in [0, 0.1) is 0 Å². The van der Waals surface area contributed by atoms with Crippen molar-refractivity contribution >= 4 is 0 Å². The number of hydrogen-bond acceptors (Lipinski definition) is 2. The Morgan fingerprint density at radius 3 is 2.29 bits per heavy atom. The largest absolute Gasteiger partial charge is 0.389 e. The first-order valence-electron chi connectivity index (χ1n) is 5.63.